The molecule has 0 unspecified atom stereocenters. The van der Waals surface area contributed by atoms with E-state index in [1.165, 1.54) is 43.2 Å². The summed E-state index contributed by atoms with van der Waals surface area (Å²) in [6.07, 6.45) is 0. The fraction of sp³-hybridized carbons (Fsp3) is 0.571. The largest absolute Gasteiger partial charge is 0.363 e. The molecule has 9 heteroatoms. The Bertz CT molecular complexity index is 250. The lowest BCUT2D eigenvalue weighted by atomic mass is 11.0. The zero-order chi connectivity index (χ0) is 12.7. The van der Waals surface area contributed by atoms with E-state index in [0.717, 1.165) is 12.2 Å². The minimum atomic E-state index is 0.813. The number of hydrogen-bond donors (Lipinski definition) is 0. The highest BCUT2D eigenvalue weighted by Crippen LogP contribution is 2.37. The molecule has 0 radical (unpaired) electrons. The molecule has 0 aromatic rings. The van der Waals surface area contributed by atoms with Crippen LogP contribution in [-0.4, -0.2) is 50.2 Å². The van der Waals surface area contributed by atoms with Gasteiger partial charge in [0.1, 0.15) is 12.2 Å². The van der Waals surface area contributed by atoms with Crippen LogP contribution in [0.4, 0.5) is 0 Å². The van der Waals surface area contributed by atoms with Crippen molar-refractivity contribution in [1.29, 1.82) is 0 Å². The normalized spacial score (nSPS) is 9.75. The molecule has 16 heavy (non-hydrogen) atoms. The monoisotopic (exact) mass is 348 g/mol. The molecular weight excluding hydrogens is 337 g/mol. The Hall–Kier alpha value is 1.27. The fourth-order valence-electron chi connectivity index (χ4n) is 0.302. The van der Waals surface area contributed by atoms with Crippen molar-refractivity contribution < 1.29 is 0 Å². The van der Waals surface area contributed by atoms with Gasteiger partial charge < -0.3 is 9.80 Å². The summed E-state index contributed by atoms with van der Waals surface area (Å²) in [5, 5.41) is 0. The molecule has 0 atom stereocenters. The van der Waals surface area contributed by atoms with Crippen LogP contribution >= 0.6 is 79.8 Å². The Morgan fingerprint density at radius 3 is 1.25 bits per heavy atom. The van der Waals surface area contributed by atoms with Crippen LogP contribution in [0.2, 0.25) is 0 Å². The molecule has 2 nitrogen and oxygen atoms in total. The molecule has 0 aromatic carbocycles. The smallest absolute Gasteiger partial charge is 0.146 e. The summed E-state index contributed by atoms with van der Waals surface area (Å²) >= 11 is 15.5. The number of nitrogens with zero attached hydrogens (tertiary/aromatic N) is 2. The van der Waals surface area contributed by atoms with Gasteiger partial charge in [0.2, 0.25) is 0 Å². The Balaban J connectivity index is 3.76. The third-order valence-electron chi connectivity index (χ3n) is 1.09. The highest BCUT2D eigenvalue weighted by molar-refractivity contribution is 9.02. The second-order valence-electron chi connectivity index (χ2n) is 2.90. The van der Waals surface area contributed by atoms with Crippen molar-refractivity contribution in [3.05, 3.63) is 0 Å². The van der Waals surface area contributed by atoms with E-state index in [1.807, 2.05) is 38.0 Å². The van der Waals surface area contributed by atoms with Crippen molar-refractivity contribution in [3.8, 4) is 0 Å². The van der Waals surface area contributed by atoms with Crippen molar-refractivity contribution in [2.75, 3.05) is 28.2 Å². The van der Waals surface area contributed by atoms with Gasteiger partial charge in [0.25, 0.3) is 0 Å². The summed E-state index contributed by atoms with van der Waals surface area (Å²) in [6.45, 7) is 0. The topological polar surface area (TPSA) is 6.48 Å². The van der Waals surface area contributed by atoms with Crippen LogP contribution in [0.25, 0.3) is 0 Å². The van der Waals surface area contributed by atoms with Crippen molar-refractivity contribution in [1.82, 2.24) is 9.80 Å². The molecule has 0 N–H and O–H groups in total. The van der Waals surface area contributed by atoms with Gasteiger partial charge in [-0.3, -0.25) is 0 Å². The zero-order valence-corrected chi connectivity index (χ0v) is 15.0. The van der Waals surface area contributed by atoms with E-state index < -0.39 is 0 Å². The van der Waals surface area contributed by atoms with Crippen LogP contribution in [0.3, 0.4) is 0 Å². The molecular formula is C7H12N2S7. The Morgan fingerprint density at radius 2 is 1.00 bits per heavy atom. The van der Waals surface area contributed by atoms with Gasteiger partial charge in [-0.1, -0.05) is 36.7 Å². The number of rotatable bonds is 0. The zero-order valence-electron chi connectivity index (χ0n) is 9.25. The van der Waals surface area contributed by atoms with Crippen LogP contribution in [0.5, 0.6) is 0 Å². The lowest BCUT2D eigenvalue weighted by Gasteiger charge is -2.13. The predicted octanol–water partition coefficient (Wildman–Crippen LogP) is 3.73. The first kappa shape index (κ1) is 17.3. The second kappa shape index (κ2) is 9.23. The fourth-order valence-corrected chi connectivity index (χ4v) is 5.56. The lowest BCUT2D eigenvalue weighted by molar-refractivity contribution is 0.648. The average molecular weight is 349 g/mol. The lowest BCUT2D eigenvalue weighted by Crippen LogP contribution is -2.15. The molecule has 0 aliphatic rings. The second-order valence-corrected chi connectivity index (χ2v) is 9.63. The van der Waals surface area contributed by atoms with Gasteiger partial charge in [-0.25, -0.2) is 0 Å². The summed E-state index contributed by atoms with van der Waals surface area (Å²) in [5.41, 5.74) is 0. The van der Waals surface area contributed by atoms with Gasteiger partial charge in [0.05, 0.1) is 0 Å². The van der Waals surface area contributed by atoms with Crippen LogP contribution in [0, 0.1) is 0 Å². The molecule has 0 bridgehead atoms. The number of hydrogen-bond acceptors (Lipinski definition) is 7. The minimum Gasteiger partial charge on any atom is -0.363 e. The van der Waals surface area contributed by atoms with Gasteiger partial charge in [0, 0.05) is 28.2 Å². The molecule has 0 fully saturated rings. The van der Waals surface area contributed by atoms with Crippen LogP contribution in [0.15, 0.2) is 0 Å². The molecule has 0 saturated heterocycles. The van der Waals surface area contributed by atoms with Gasteiger partial charge in [0.15, 0.2) is 0 Å². The van der Waals surface area contributed by atoms with Crippen LogP contribution in [0.1, 0.15) is 0 Å². The van der Waals surface area contributed by atoms with E-state index in [1.54, 1.807) is 0 Å². The highest BCUT2D eigenvalue weighted by Gasteiger charge is 2.08. The predicted molar refractivity (Wildman–Crippen MR) is 95.5 cm³/mol. The molecule has 0 amide bonds. The Kier molecular flexibility index (Phi) is 9.97. The average Bonchev–Trinajstić information content (AvgIpc) is 2.21. The first-order valence-electron chi connectivity index (χ1n) is 4.00. The van der Waals surface area contributed by atoms with Crippen molar-refractivity contribution in [2.45, 2.75) is 0 Å². The van der Waals surface area contributed by atoms with E-state index >= 15 is 0 Å². The maximum absolute atomic E-state index is 5.19. The molecule has 0 saturated carbocycles. The van der Waals surface area contributed by atoms with Crippen LogP contribution < -0.4 is 0 Å². The third-order valence-corrected chi connectivity index (χ3v) is 9.12. The molecule has 0 rings (SSSR count). The minimum absolute atomic E-state index is 0.813. The van der Waals surface area contributed by atoms with E-state index in [9.17, 15) is 0 Å². The van der Waals surface area contributed by atoms with Crippen molar-refractivity contribution in [2.24, 2.45) is 0 Å². The van der Waals surface area contributed by atoms with E-state index in [-0.39, 0.29) is 0 Å². The molecule has 0 aliphatic heterocycles. The summed E-state index contributed by atoms with van der Waals surface area (Å²) in [7, 11) is 13.7. The van der Waals surface area contributed by atoms with Gasteiger partial charge in [-0.15, -0.1) is 0 Å². The molecule has 92 valence electrons. The quantitative estimate of drug-likeness (QED) is 0.473. The summed E-state index contributed by atoms with van der Waals surface area (Å²) in [5.74, 6) is 0. The Labute approximate surface area is 129 Å². The van der Waals surface area contributed by atoms with Crippen molar-refractivity contribution >= 4 is 92.0 Å². The van der Waals surface area contributed by atoms with Gasteiger partial charge >= 0.3 is 0 Å². The first-order valence-corrected chi connectivity index (χ1v) is 9.52. The molecule has 0 heterocycles. The maximum atomic E-state index is 5.19. The summed E-state index contributed by atoms with van der Waals surface area (Å²) < 4.78 is 2.45. The summed E-state index contributed by atoms with van der Waals surface area (Å²) in [4.78, 5) is 3.77. The molecule has 0 spiro atoms. The summed E-state index contributed by atoms with van der Waals surface area (Å²) in [6, 6.07) is 0. The maximum Gasteiger partial charge on any atom is 0.146 e. The van der Waals surface area contributed by atoms with Crippen LogP contribution in [-0.2, 0) is 0 Å². The van der Waals surface area contributed by atoms with E-state index in [0.29, 0.717) is 0 Å². The van der Waals surface area contributed by atoms with E-state index in [4.69, 9.17) is 36.7 Å². The highest BCUT2D eigenvalue weighted by atomic mass is 33.1. The SMILES string of the molecule is CN(C)C(=S)SSC(=S)SSC(=S)N(C)C. The third kappa shape index (κ3) is 8.37. The Morgan fingerprint density at radius 1 is 0.688 bits per heavy atom. The first-order chi connectivity index (χ1) is 7.34. The standard InChI is InChI=1S/C7H12N2S7/c1-8(2)5(10)13-15-7(12)16-14-6(11)9(3)4/h1-4H3. The van der Waals surface area contributed by atoms with Gasteiger partial charge in [-0.2, -0.15) is 0 Å². The van der Waals surface area contributed by atoms with Gasteiger partial charge in [-0.05, 0) is 43.2 Å². The van der Waals surface area contributed by atoms with Crippen molar-refractivity contribution in [3.63, 3.8) is 0 Å². The molecule has 0 aromatic heterocycles. The van der Waals surface area contributed by atoms with E-state index in [2.05, 4.69) is 0 Å². The molecule has 0 aliphatic carbocycles. The number of thiocarbonyl (C=S) groups is 3.